The molecule has 2 heterocycles. The summed E-state index contributed by atoms with van der Waals surface area (Å²) >= 11 is 0. The van der Waals surface area contributed by atoms with Gasteiger partial charge in [-0.25, -0.2) is 4.79 Å². The highest BCUT2D eigenvalue weighted by atomic mass is 16.5. The second kappa shape index (κ2) is 7.99. The van der Waals surface area contributed by atoms with Gasteiger partial charge in [-0.05, 0) is 31.4 Å². The zero-order valence-electron chi connectivity index (χ0n) is 14.7. The van der Waals surface area contributed by atoms with Crippen molar-refractivity contribution in [3.63, 3.8) is 0 Å². The first-order valence-corrected chi connectivity index (χ1v) is 9.13. The van der Waals surface area contributed by atoms with Gasteiger partial charge < -0.3 is 15.0 Å². The third kappa shape index (κ3) is 3.90. The molecule has 2 fully saturated rings. The molecule has 1 aromatic carbocycles. The summed E-state index contributed by atoms with van der Waals surface area (Å²) in [4.78, 5) is 17.3. The van der Waals surface area contributed by atoms with Crippen LogP contribution in [0.3, 0.4) is 0 Å². The molecule has 1 spiro atoms. The summed E-state index contributed by atoms with van der Waals surface area (Å²) < 4.78 is 5.59. The molecule has 1 N–H and O–H groups in total. The van der Waals surface area contributed by atoms with Crippen LogP contribution in [0.15, 0.2) is 30.3 Å². The number of carbonyl (C=O) groups is 1. The molecule has 0 aliphatic carbocycles. The Labute approximate surface area is 145 Å². The zero-order valence-corrected chi connectivity index (χ0v) is 14.7. The van der Waals surface area contributed by atoms with E-state index in [1.165, 1.54) is 0 Å². The lowest BCUT2D eigenvalue weighted by atomic mass is 9.87. The normalized spacial score (nSPS) is 21.5. The second-order valence-corrected chi connectivity index (χ2v) is 6.84. The first kappa shape index (κ1) is 17.2. The van der Waals surface area contributed by atoms with Crippen LogP contribution in [-0.4, -0.2) is 60.8 Å². The minimum Gasteiger partial charge on any atom is -0.381 e. The molecule has 2 aliphatic heterocycles. The van der Waals surface area contributed by atoms with Crippen molar-refractivity contribution in [3.8, 4) is 0 Å². The highest BCUT2D eigenvalue weighted by Gasteiger charge is 2.41. The third-order valence-electron chi connectivity index (χ3n) is 5.39. The van der Waals surface area contributed by atoms with Crippen LogP contribution >= 0.6 is 0 Å². The van der Waals surface area contributed by atoms with Crippen LogP contribution in [0.1, 0.15) is 31.7 Å². The van der Waals surface area contributed by atoms with E-state index in [4.69, 9.17) is 4.74 Å². The number of ether oxygens (including phenoxy) is 1. The summed E-state index contributed by atoms with van der Waals surface area (Å²) in [6.45, 7) is 8.17. The molecule has 1 aromatic rings. The van der Waals surface area contributed by atoms with Gasteiger partial charge in [0.25, 0.3) is 0 Å². The number of hydrogen-bond donors (Lipinski definition) is 1. The van der Waals surface area contributed by atoms with Gasteiger partial charge in [0.15, 0.2) is 0 Å². The molecule has 0 aromatic heterocycles. The van der Waals surface area contributed by atoms with Crippen molar-refractivity contribution in [3.05, 3.63) is 35.9 Å². The first-order valence-electron chi connectivity index (χ1n) is 9.13. The van der Waals surface area contributed by atoms with Crippen molar-refractivity contribution in [2.75, 3.05) is 39.4 Å². The number of nitrogens with one attached hydrogen (secondary N) is 1. The highest BCUT2D eigenvalue weighted by molar-refractivity contribution is 5.74. The molecule has 132 valence electrons. The Morgan fingerprint density at radius 1 is 1.21 bits per heavy atom. The van der Waals surface area contributed by atoms with Crippen LogP contribution in [-0.2, 0) is 11.3 Å². The number of urea groups is 1. The van der Waals surface area contributed by atoms with Gasteiger partial charge in [0.1, 0.15) is 0 Å². The Morgan fingerprint density at radius 2 is 1.96 bits per heavy atom. The lowest BCUT2D eigenvalue weighted by Gasteiger charge is -2.46. The van der Waals surface area contributed by atoms with Gasteiger partial charge in [-0.2, -0.15) is 0 Å². The monoisotopic (exact) mass is 331 g/mol. The van der Waals surface area contributed by atoms with Crippen LogP contribution in [0.4, 0.5) is 4.79 Å². The molecule has 0 saturated carbocycles. The number of likely N-dealkylation sites (N-methyl/N-ethyl adjacent to an activating group) is 1. The lowest BCUT2D eigenvalue weighted by Crippen LogP contribution is -2.58. The van der Waals surface area contributed by atoms with Crippen molar-refractivity contribution >= 4 is 6.03 Å². The molecule has 24 heavy (non-hydrogen) atoms. The maximum atomic E-state index is 12.7. The molecule has 3 rings (SSSR count). The quantitative estimate of drug-likeness (QED) is 0.925. The summed E-state index contributed by atoms with van der Waals surface area (Å²) in [6, 6.07) is 10.1. The number of hydrogen-bond acceptors (Lipinski definition) is 3. The standard InChI is InChI=1S/C19H29N3O2/c1-2-22-12-6-11-21(16-19(22)9-13-24-14-10-19)18(23)20-15-17-7-4-3-5-8-17/h3-5,7-8H,2,6,9-16H2,1H3,(H,20,23). The van der Waals surface area contributed by atoms with Crippen LogP contribution in [0.2, 0.25) is 0 Å². The zero-order chi connectivity index (χ0) is 16.8. The molecule has 0 bridgehead atoms. The van der Waals surface area contributed by atoms with Crippen LogP contribution in [0.25, 0.3) is 0 Å². The van der Waals surface area contributed by atoms with Gasteiger partial charge in [0.2, 0.25) is 0 Å². The Bertz CT molecular complexity index is 529. The highest BCUT2D eigenvalue weighted by Crippen LogP contribution is 2.31. The first-order chi connectivity index (χ1) is 11.7. The molecular weight excluding hydrogens is 302 g/mol. The summed E-state index contributed by atoms with van der Waals surface area (Å²) in [5.41, 5.74) is 1.23. The Hall–Kier alpha value is -1.59. The van der Waals surface area contributed by atoms with Crippen LogP contribution in [0.5, 0.6) is 0 Å². The average Bonchev–Trinajstić information content (AvgIpc) is 2.80. The van der Waals surface area contributed by atoms with Gasteiger partial charge >= 0.3 is 6.03 Å². The minimum absolute atomic E-state index is 0.0580. The summed E-state index contributed by atoms with van der Waals surface area (Å²) in [7, 11) is 0. The van der Waals surface area contributed by atoms with Gasteiger partial charge in [-0.15, -0.1) is 0 Å². The molecule has 5 nitrogen and oxygen atoms in total. The van der Waals surface area contributed by atoms with Crippen molar-refractivity contribution < 1.29 is 9.53 Å². The third-order valence-corrected chi connectivity index (χ3v) is 5.39. The molecular formula is C19H29N3O2. The van der Waals surface area contributed by atoms with Gasteiger partial charge in [-0.1, -0.05) is 37.3 Å². The maximum Gasteiger partial charge on any atom is 0.317 e. The van der Waals surface area contributed by atoms with E-state index in [1.807, 2.05) is 35.2 Å². The molecule has 0 unspecified atom stereocenters. The van der Waals surface area contributed by atoms with E-state index in [0.717, 1.165) is 64.2 Å². The number of nitrogens with zero attached hydrogens (tertiary/aromatic N) is 2. The Kier molecular flexibility index (Phi) is 5.74. The molecule has 0 radical (unpaired) electrons. The van der Waals surface area contributed by atoms with E-state index in [2.05, 4.69) is 17.1 Å². The van der Waals surface area contributed by atoms with E-state index < -0.39 is 0 Å². The van der Waals surface area contributed by atoms with Gasteiger partial charge in [0.05, 0.1) is 0 Å². The molecule has 0 atom stereocenters. The number of rotatable bonds is 3. The fraction of sp³-hybridized carbons (Fsp3) is 0.632. The minimum atomic E-state index is 0.0580. The SMILES string of the molecule is CCN1CCCN(C(=O)NCc2ccccc2)CC12CCOCC2. The predicted octanol–water partition coefficient (Wildman–Crippen LogP) is 2.47. The molecule has 2 aliphatic rings. The largest absolute Gasteiger partial charge is 0.381 e. The second-order valence-electron chi connectivity index (χ2n) is 6.84. The number of carbonyl (C=O) groups excluding carboxylic acids is 1. The summed E-state index contributed by atoms with van der Waals surface area (Å²) in [6.07, 6.45) is 3.07. The lowest BCUT2D eigenvalue weighted by molar-refractivity contribution is -0.0291. The van der Waals surface area contributed by atoms with E-state index in [-0.39, 0.29) is 11.6 Å². The summed E-state index contributed by atoms with van der Waals surface area (Å²) in [5.74, 6) is 0. The van der Waals surface area contributed by atoms with Crippen molar-refractivity contribution in [1.29, 1.82) is 0 Å². The van der Waals surface area contributed by atoms with E-state index in [9.17, 15) is 4.79 Å². The molecule has 5 heteroatoms. The molecule has 2 amide bonds. The van der Waals surface area contributed by atoms with Crippen LogP contribution < -0.4 is 5.32 Å². The van der Waals surface area contributed by atoms with Crippen molar-refractivity contribution in [2.45, 2.75) is 38.3 Å². The molecule has 2 saturated heterocycles. The van der Waals surface area contributed by atoms with Gasteiger partial charge in [-0.3, -0.25) is 4.90 Å². The number of benzene rings is 1. The van der Waals surface area contributed by atoms with Crippen LogP contribution in [0, 0.1) is 0 Å². The van der Waals surface area contributed by atoms with E-state index in [0.29, 0.717) is 6.54 Å². The average molecular weight is 331 g/mol. The van der Waals surface area contributed by atoms with Crippen molar-refractivity contribution in [1.82, 2.24) is 15.1 Å². The van der Waals surface area contributed by atoms with Crippen molar-refractivity contribution in [2.24, 2.45) is 0 Å². The fourth-order valence-corrected chi connectivity index (χ4v) is 4.00. The van der Waals surface area contributed by atoms with E-state index in [1.54, 1.807) is 0 Å². The fourth-order valence-electron chi connectivity index (χ4n) is 4.00. The Balaban J connectivity index is 1.65. The maximum absolute atomic E-state index is 12.7. The number of amides is 2. The summed E-state index contributed by atoms with van der Waals surface area (Å²) in [5, 5.41) is 3.09. The topological polar surface area (TPSA) is 44.8 Å². The van der Waals surface area contributed by atoms with E-state index >= 15 is 0 Å². The van der Waals surface area contributed by atoms with Gasteiger partial charge in [0, 0.05) is 44.9 Å². The predicted molar refractivity (Wildman–Crippen MR) is 94.9 cm³/mol. The smallest absolute Gasteiger partial charge is 0.317 e. The Morgan fingerprint density at radius 3 is 2.67 bits per heavy atom.